The van der Waals surface area contributed by atoms with Crippen LogP contribution in [0.4, 0.5) is 11.4 Å². The highest BCUT2D eigenvalue weighted by Gasteiger charge is 2.56. The molecule has 0 radical (unpaired) electrons. The molecule has 5 N–H and O–H groups in total. The van der Waals surface area contributed by atoms with Gasteiger partial charge in [-0.15, -0.1) is 0 Å². The Morgan fingerprint density at radius 2 is 1.43 bits per heavy atom. The molecule has 2 aliphatic heterocycles. The van der Waals surface area contributed by atoms with E-state index < -0.39 is 11.6 Å². The summed E-state index contributed by atoms with van der Waals surface area (Å²) >= 11 is 0. The number of nitrogens with two attached hydrogens (primary N) is 2. The zero-order chi connectivity index (χ0) is 32.8. The lowest BCUT2D eigenvalue weighted by atomic mass is 9.74. The van der Waals surface area contributed by atoms with Gasteiger partial charge in [-0.05, 0) is 77.3 Å². The predicted octanol–water partition coefficient (Wildman–Crippen LogP) is 5.20. The monoisotopic (exact) mass is 626 g/mol. The Morgan fingerprint density at radius 3 is 2.00 bits per heavy atom. The van der Waals surface area contributed by atoms with Crippen LogP contribution in [0.3, 0.4) is 0 Å². The van der Waals surface area contributed by atoms with Crippen molar-refractivity contribution in [2.24, 2.45) is 11.5 Å². The maximum Gasteiger partial charge on any atom is 0.255 e. The fraction of sp³-hybridized carbons (Fsp3) is 0.459. The summed E-state index contributed by atoms with van der Waals surface area (Å²) in [6.07, 6.45) is 2.84. The number of anilines is 2. The molecule has 5 rings (SSSR count). The smallest absolute Gasteiger partial charge is 0.255 e. The summed E-state index contributed by atoms with van der Waals surface area (Å²) in [6, 6.07) is 20.1. The molecule has 1 atom stereocenters. The summed E-state index contributed by atoms with van der Waals surface area (Å²) in [5, 5.41) is 3.00. The minimum absolute atomic E-state index is 0.0279. The number of amides is 2. The Bertz CT molecular complexity index is 1470. The maximum absolute atomic E-state index is 14.4. The molecule has 3 aromatic carbocycles. The van der Waals surface area contributed by atoms with Gasteiger partial charge in [-0.3, -0.25) is 9.59 Å². The van der Waals surface area contributed by atoms with Crippen molar-refractivity contribution in [1.29, 1.82) is 0 Å². The Labute approximate surface area is 273 Å². The van der Waals surface area contributed by atoms with Gasteiger partial charge in [-0.2, -0.15) is 0 Å². The number of nitrogens with zero attached hydrogens (tertiary/aromatic N) is 3. The molecular weight excluding hydrogens is 576 g/mol. The number of carbonyl (C=O) groups excluding carboxylic acids is 2. The molecule has 2 aliphatic rings. The lowest BCUT2D eigenvalue weighted by Gasteiger charge is -2.45. The number of benzene rings is 3. The molecule has 1 spiro atoms. The van der Waals surface area contributed by atoms with Crippen molar-refractivity contribution in [3.05, 3.63) is 82.9 Å². The number of rotatable bonds is 15. The van der Waals surface area contributed by atoms with Gasteiger partial charge in [0.1, 0.15) is 17.0 Å². The first kappa shape index (κ1) is 33.3. The van der Waals surface area contributed by atoms with E-state index in [1.807, 2.05) is 23.1 Å². The van der Waals surface area contributed by atoms with Crippen LogP contribution in [0.25, 0.3) is 0 Å². The molecule has 2 amide bonds. The quantitative estimate of drug-likeness (QED) is 0.199. The van der Waals surface area contributed by atoms with E-state index in [1.165, 1.54) is 0 Å². The first-order valence-electron chi connectivity index (χ1n) is 17.0. The predicted molar refractivity (Wildman–Crippen MR) is 186 cm³/mol. The van der Waals surface area contributed by atoms with Crippen molar-refractivity contribution in [2.45, 2.75) is 65.0 Å². The van der Waals surface area contributed by atoms with Crippen LogP contribution in [0, 0.1) is 0 Å². The van der Waals surface area contributed by atoms with Gasteiger partial charge in [-0.1, -0.05) is 36.8 Å². The molecular formula is C37H50N6O3. The van der Waals surface area contributed by atoms with Crippen molar-refractivity contribution in [2.75, 3.05) is 55.6 Å². The van der Waals surface area contributed by atoms with Gasteiger partial charge < -0.3 is 36.2 Å². The molecule has 0 saturated carbocycles. The summed E-state index contributed by atoms with van der Waals surface area (Å²) in [5.41, 5.74) is 16.5. The van der Waals surface area contributed by atoms with Crippen LogP contribution in [0.1, 0.15) is 80.4 Å². The van der Waals surface area contributed by atoms with E-state index in [9.17, 15) is 9.59 Å². The van der Waals surface area contributed by atoms with Crippen LogP contribution in [0.2, 0.25) is 0 Å². The number of unbranched alkanes of at least 4 members (excludes halogenated alkanes) is 1. The summed E-state index contributed by atoms with van der Waals surface area (Å²) < 4.78 is 6.78. The van der Waals surface area contributed by atoms with Crippen LogP contribution in [-0.2, 0) is 10.3 Å². The van der Waals surface area contributed by atoms with Crippen LogP contribution in [-0.4, -0.2) is 68.6 Å². The van der Waals surface area contributed by atoms with E-state index in [0.29, 0.717) is 38.0 Å². The van der Waals surface area contributed by atoms with E-state index in [-0.39, 0.29) is 11.8 Å². The fourth-order valence-electron chi connectivity index (χ4n) is 7.12. The number of nitrogens with one attached hydrogen (secondary N) is 1. The standard InChI is InChI=1S/C37H50N6O3/c1-5-41(6-2)26-17-19-30-33(24-26)46-34-25-27(42(7-3)8-4)18-20-31(34)37(30)29-15-10-9-14-28(29)36(45)43(37)23-13-22-40-35(44)32(39)16-11-12-21-38/h9-10,14-15,17-20,24-25,32H,5-8,11-13,16,21-23,38-39H2,1-4H3,(H,40,44). The van der Waals surface area contributed by atoms with Crippen LogP contribution in [0.5, 0.6) is 11.5 Å². The van der Waals surface area contributed by atoms with E-state index in [0.717, 1.165) is 78.6 Å². The normalized spacial score (nSPS) is 14.7. The van der Waals surface area contributed by atoms with Gasteiger partial charge in [0.2, 0.25) is 5.91 Å². The molecule has 0 aliphatic carbocycles. The molecule has 9 nitrogen and oxygen atoms in total. The van der Waals surface area contributed by atoms with Gasteiger partial charge in [0, 0.05) is 79.5 Å². The Kier molecular flexibility index (Phi) is 10.5. The van der Waals surface area contributed by atoms with Crippen molar-refractivity contribution in [3.63, 3.8) is 0 Å². The van der Waals surface area contributed by atoms with Gasteiger partial charge >= 0.3 is 0 Å². The molecule has 0 aromatic heterocycles. The molecule has 1 unspecified atom stereocenters. The average Bonchev–Trinajstić information content (AvgIpc) is 3.31. The summed E-state index contributed by atoms with van der Waals surface area (Å²) in [6.45, 7) is 13.5. The van der Waals surface area contributed by atoms with Gasteiger partial charge in [0.25, 0.3) is 5.91 Å². The lowest BCUT2D eigenvalue weighted by molar-refractivity contribution is -0.122. The van der Waals surface area contributed by atoms with Gasteiger partial charge in [0.15, 0.2) is 0 Å². The van der Waals surface area contributed by atoms with Crippen molar-refractivity contribution >= 4 is 23.2 Å². The topological polar surface area (TPSA) is 117 Å². The van der Waals surface area contributed by atoms with E-state index in [4.69, 9.17) is 16.2 Å². The molecule has 0 saturated heterocycles. The van der Waals surface area contributed by atoms with Crippen molar-refractivity contribution < 1.29 is 14.3 Å². The summed E-state index contributed by atoms with van der Waals surface area (Å²) in [5.74, 6) is 1.30. The largest absolute Gasteiger partial charge is 0.456 e. The molecule has 3 aromatic rings. The maximum atomic E-state index is 14.4. The molecule has 246 valence electrons. The number of hydrogen-bond donors (Lipinski definition) is 3. The van der Waals surface area contributed by atoms with Gasteiger partial charge in [-0.25, -0.2) is 0 Å². The number of fused-ring (bicyclic) bond motifs is 6. The molecule has 9 heteroatoms. The molecule has 0 bridgehead atoms. The van der Waals surface area contributed by atoms with Crippen molar-refractivity contribution in [3.8, 4) is 11.5 Å². The van der Waals surface area contributed by atoms with Crippen molar-refractivity contribution in [1.82, 2.24) is 10.2 Å². The zero-order valence-electron chi connectivity index (χ0n) is 27.9. The highest BCUT2D eigenvalue weighted by atomic mass is 16.5. The second-order valence-electron chi connectivity index (χ2n) is 12.1. The summed E-state index contributed by atoms with van der Waals surface area (Å²) in [4.78, 5) is 33.6. The fourth-order valence-corrected chi connectivity index (χ4v) is 7.12. The lowest BCUT2D eigenvalue weighted by Crippen LogP contribution is -2.48. The van der Waals surface area contributed by atoms with Crippen LogP contribution >= 0.6 is 0 Å². The van der Waals surface area contributed by atoms with E-state index in [1.54, 1.807) is 0 Å². The average molecular weight is 627 g/mol. The number of carbonyl (C=O) groups is 2. The first-order valence-corrected chi connectivity index (χ1v) is 17.0. The highest BCUT2D eigenvalue weighted by Crippen LogP contribution is 2.58. The highest BCUT2D eigenvalue weighted by molar-refractivity contribution is 6.02. The molecule has 0 fully saturated rings. The van der Waals surface area contributed by atoms with E-state index >= 15 is 0 Å². The Hall–Kier alpha value is -4.08. The SMILES string of the molecule is CCN(CC)c1ccc2c(c1)Oc1cc(N(CC)CC)ccc1C21c2ccccc2C(=O)N1CCCNC(=O)C(N)CCCCN. The Balaban J connectivity index is 1.57. The molecule has 2 heterocycles. The second-order valence-corrected chi connectivity index (χ2v) is 12.1. The third-order valence-electron chi connectivity index (χ3n) is 9.55. The van der Waals surface area contributed by atoms with Crippen LogP contribution < -0.4 is 31.3 Å². The summed E-state index contributed by atoms with van der Waals surface area (Å²) in [7, 11) is 0. The van der Waals surface area contributed by atoms with E-state index in [2.05, 4.69) is 85.3 Å². The second kappa shape index (κ2) is 14.6. The Morgan fingerprint density at radius 1 is 0.848 bits per heavy atom. The zero-order valence-corrected chi connectivity index (χ0v) is 27.9. The van der Waals surface area contributed by atoms with Crippen LogP contribution in [0.15, 0.2) is 60.7 Å². The third-order valence-corrected chi connectivity index (χ3v) is 9.55. The minimum atomic E-state index is -0.886. The van der Waals surface area contributed by atoms with Gasteiger partial charge in [0.05, 0.1) is 6.04 Å². The third kappa shape index (κ3) is 5.94. The first-order chi connectivity index (χ1) is 22.3. The minimum Gasteiger partial charge on any atom is -0.456 e. The molecule has 46 heavy (non-hydrogen) atoms. The number of ether oxygens (including phenoxy) is 1. The number of hydrogen-bond acceptors (Lipinski definition) is 7.